The van der Waals surface area contributed by atoms with E-state index in [9.17, 15) is 8.42 Å². The van der Waals surface area contributed by atoms with Crippen LogP contribution in [0.1, 0.15) is 22.6 Å². The molecule has 0 radical (unpaired) electrons. The maximum absolute atomic E-state index is 13.4. The van der Waals surface area contributed by atoms with Gasteiger partial charge >= 0.3 is 0 Å². The number of aryl methyl sites for hydroxylation is 1. The Balaban J connectivity index is 1.58. The molecule has 0 aliphatic heterocycles. The van der Waals surface area contributed by atoms with E-state index in [1.54, 1.807) is 54.7 Å². The molecule has 0 spiro atoms. The van der Waals surface area contributed by atoms with Crippen LogP contribution in [-0.4, -0.2) is 18.9 Å². The third-order valence-corrected chi connectivity index (χ3v) is 7.07. The summed E-state index contributed by atoms with van der Waals surface area (Å²) in [4.78, 5) is 4.62. The zero-order valence-electron chi connectivity index (χ0n) is 18.1. The fourth-order valence-corrected chi connectivity index (χ4v) is 4.87. The summed E-state index contributed by atoms with van der Waals surface area (Å²) in [5, 5.41) is 0.600. The van der Waals surface area contributed by atoms with Crippen molar-refractivity contribution < 1.29 is 12.8 Å². The molecule has 33 heavy (non-hydrogen) atoms. The van der Waals surface area contributed by atoms with Gasteiger partial charge in [0.15, 0.2) is 0 Å². The Bertz CT molecular complexity index is 1350. The van der Waals surface area contributed by atoms with Crippen molar-refractivity contribution in [1.29, 1.82) is 0 Å². The fraction of sp³-hybridized carbons (Fsp3) is 0.115. The van der Waals surface area contributed by atoms with Crippen LogP contribution in [0.25, 0.3) is 0 Å². The highest BCUT2D eigenvalue weighted by atomic mass is 35.5. The lowest BCUT2D eigenvalue weighted by molar-refractivity contribution is 0.357. The van der Waals surface area contributed by atoms with E-state index in [2.05, 4.69) is 4.99 Å². The molecule has 3 aromatic carbocycles. The van der Waals surface area contributed by atoms with E-state index in [0.29, 0.717) is 22.2 Å². The third kappa shape index (κ3) is 5.99. The minimum Gasteiger partial charge on any atom is -0.459 e. The van der Waals surface area contributed by atoms with Crippen molar-refractivity contribution in [3.63, 3.8) is 0 Å². The van der Waals surface area contributed by atoms with E-state index in [1.165, 1.54) is 4.31 Å². The quantitative estimate of drug-likeness (QED) is 0.276. The Kier molecular flexibility index (Phi) is 7.08. The normalized spacial score (nSPS) is 12.0. The number of aliphatic imine (C=N–C) groups is 1. The zero-order valence-corrected chi connectivity index (χ0v) is 19.6. The SMILES string of the molecule is Cc1ccc(S(=O)(=O)N(Cc2ccccc2)Cc2ccc(C=Nc3cccc(Cl)c3)o2)cc1. The maximum Gasteiger partial charge on any atom is 0.243 e. The van der Waals surface area contributed by atoms with E-state index in [1.807, 2.05) is 49.4 Å². The van der Waals surface area contributed by atoms with Crippen LogP contribution in [0.3, 0.4) is 0 Å². The van der Waals surface area contributed by atoms with Gasteiger partial charge in [0.25, 0.3) is 0 Å². The Morgan fingerprint density at radius 3 is 2.39 bits per heavy atom. The molecule has 5 nitrogen and oxygen atoms in total. The molecular weight excluding hydrogens is 456 g/mol. The van der Waals surface area contributed by atoms with E-state index in [0.717, 1.165) is 11.1 Å². The van der Waals surface area contributed by atoms with Crippen molar-refractivity contribution in [2.75, 3.05) is 0 Å². The van der Waals surface area contributed by atoms with Gasteiger partial charge < -0.3 is 4.42 Å². The number of hydrogen-bond acceptors (Lipinski definition) is 4. The molecule has 0 aliphatic carbocycles. The predicted molar refractivity (Wildman–Crippen MR) is 131 cm³/mol. The monoisotopic (exact) mass is 478 g/mol. The van der Waals surface area contributed by atoms with Crippen molar-refractivity contribution >= 4 is 33.5 Å². The smallest absolute Gasteiger partial charge is 0.243 e. The first-order chi connectivity index (χ1) is 15.9. The van der Waals surface area contributed by atoms with Crippen molar-refractivity contribution in [1.82, 2.24) is 4.31 Å². The number of rotatable bonds is 8. The van der Waals surface area contributed by atoms with Gasteiger partial charge in [0, 0.05) is 11.6 Å². The van der Waals surface area contributed by atoms with Crippen LogP contribution in [0.5, 0.6) is 0 Å². The maximum atomic E-state index is 13.4. The average molecular weight is 479 g/mol. The average Bonchev–Trinajstić information content (AvgIpc) is 3.26. The van der Waals surface area contributed by atoms with Gasteiger partial charge in [-0.3, -0.25) is 4.99 Å². The van der Waals surface area contributed by atoms with Crippen LogP contribution < -0.4 is 0 Å². The van der Waals surface area contributed by atoms with Gasteiger partial charge in [-0.15, -0.1) is 0 Å². The van der Waals surface area contributed by atoms with Gasteiger partial charge in [-0.1, -0.05) is 65.7 Å². The minimum absolute atomic E-state index is 0.0934. The second kappa shape index (κ2) is 10.2. The summed E-state index contributed by atoms with van der Waals surface area (Å²) in [6, 6.07) is 27.1. The molecule has 0 amide bonds. The molecule has 0 fully saturated rings. The third-order valence-electron chi connectivity index (χ3n) is 5.02. The van der Waals surface area contributed by atoms with Crippen LogP contribution in [0.4, 0.5) is 5.69 Å². The van der Waals surface area contributed by atoms with Crippen molar-refractivity contribution in [3.8, 4) is 0 Å². The first kappa shape index (κ1) is 23.0. The number of benzene rings is 3. The van der Waals surface area contributed by atoms with Gasteiger partial charge in [-0.05, 0) is 55.0 Å². The summed E-state index contributed by atoms with van der Waals surface area (Å²) in [6.07, 6.45) is 1.59. The molecule has 0 atom stereocenters. The van der Waals surface area contributed by atoms with Crippen LogP contribution in [-0.2, 0) is 23.1 Å². The largest absolute Gasteiger partial charge is 0.459 e. The Morgan fingerprint density at radius 2 is 1.67 bits per heavy atom. The molecule has 0 saturated carbocycles. The Labute approximate surface area is 199 Å². The molecular formula is C26H23ClN2O3S. The number of furan rings is 1. The summed E-state index contributed by atoms with van der Waals surface area (Å²) in [6.45, 7) is 2.24. The second-order valence-electron chi connectivity index (χ2n) is 7.61. The van der Waals surface area contributed by atoms with Crippen molar-refractivity contribution in [2.45, 2.75) is 24.9 Å². The molecule has 0 aliphatic rings. The van der Waals surface area contributed by atoms with Crippen LogP contribution in [0.2, 0.25) is 5.02 Å². The number of hydrogen-bond donors (Lipinski definition) is 0. The van der Waals surface area contributed by atoms with Gasteiger partial charge in [-0.2, -0.15) is 4.31 Å². The second-order valence-corrected chi connectivity index (χ2v) is 9.99. The Morgan fingerprint density at radius 1 is 0.909 bits per heavy atom. The molecule has 1 aromatic heterocycles. The first-order valence-corrected chi connectivity index (χ1v) is 12.2. The lowest BCUT2D eigenvalue weighted by atomic mass is 10.2. The van der Waals surface area contributed by atoms with Crippen molar-refractivity contribution in [2.24, 2.45) is 4.99 Å². The van der Waals surface area contributed by atoms with Gasteiger partial charge in [-0.25, -0.2) is 8.42 Å². The van der Waals surface area contributed by atoms with Crippen LogP contribution in [0.15, 0.2) is 105 Å². The highest BCUT2D eigenvalue weighted by molar-refractivity contribution is 7.89. The number of nitrogens with zero attached hydrogens (tertiary/aromatic N) is 2. The van der Waals surface area contributed by atoms with Crippen LogP contribution in [0, 0.1) is 6.92 Å². The van der Waals surface area contributed by atoms with E-state index >= 15 is 0 Å². The summed E-state index contributed by atoms with van der Waals surface area (Å²) in [7, 11) is -3.74. The predicted octanol–water partition coefficient (Wildman–Crippen LogP) is 6.38. The molecule has 0 saturated heterocycles. The van der Waals surface area contributed by atoms with Crippen LogP contribution >= 0.6 is 11.6 Å². The Hall–Kier alpha value is -3.19. The highest BCUT2D eigenvalue weighted by Crippen LogP contribution is 2.23. The molecule has 0 N–H and O–H groups in total. The molecule has 168 valence electrons. The first-order valence-electron chi connectivity index (χ1n) is 10.4. The van der Waals surface area contributed by atoms with Gasteiger partial charge in [0.2, 0.25) is 10.0 Å². The summed E-state index contributed by atoms with van der Waals surface area (Å²) in [5.41, 5.74) is 2.59. The van der Waals surface area contributed by atoms with Gasteiger partial charge in [0.05, 0.1) is 23.3 Å². The molecule has 0 bridgehead atoms. The minimum atomic E-state index is -3.74. The standard InChI is InChI=1S/C26H23ClN2O3S/c1-20-10-14-26(15-11-20)33(30,31)29(18-21-6-3-2-4-7-21)19-25-13-12-24(32-25)17-28-23-9-5-8-22(27)16-23/h2-17H,18-19H2,1H3. The zero-order chi connectivity index (χ0) is 23.3. The molecule has 4 aromatic rings. The molecule has 0 unspecified atom stereocenters. The lowest BCUT2D eigenvalue weighted by Gasteiger charge is -2.21. The number of halogens is 1. The van der Waals surface area contributed by atoms with E-state index in [-0.39, 0.29) is 18.0 Å². The van der Waals surface area contributed by atoms with E-state index in [4.69, 9.17) is 16.0 Å². The molecule has 1 heterocycles. The van der Waals surface area contributed by atoms with Gasteiger partial charge in [0.1, 0.15) is 11.5 Å². The topological polar surface area (TPSA) is 62.9 Å². The molecule has 7 heteroatoms. The fourth-order valence-electron chi connectivity index (χ4n) is 3.29. The molecule has 4 rings (SSSR count). The van der Waals surface area contributed by atoms with Crippen molar-refractivity contribution in [3.05, 3.63) is 119 Å². The number of sulfonamides is 1. The highest BCUT2D eigenvalue weighted by Gasteiger charge is 2.26. The lowest BCUT2D eigenvalue weighted by Crippen LogP contribution is -2.30. The summed E-state index contributed by atoms with van der Waals surface area (Å²) >= 11 is 6.00. The van der Waals surface area contributed by atoms with E-state index < -0.39 is 10.0 Å². The summed E-state index contributed by atoms with van der Waals surface area (Å²) in [5.74, 6) is 1.05. The summed E-state index contributed by atoms with van der Waals surface area (Å²) < 4.78 is 34.2.